The molecule has 1 atom stereocenters. The molecule has 0 bridgehead atoms. The van der Waals surface area contributed by atoms with E-state index in [2.05, 4.69) is 4.98 Å². The zero-order chi connectivity index (χ0) is 16.9. The summed E-state index contributed by atoms with van der Waals surface area (Å²) in [5.74, 6) is 0.00275. The Kier molecular flexibility index (Phi) is 5.73. The van der Waals surface area contributed by atoms with Crippen molar-refractivity contribution in [2.45, 2.75) is 36.6 Å². The van der Waals surface area contributed by atoms with E-state index in [9.17, 15) is 9.59 Å². The first-order chi connectivity index (χ1) is 11.7. The molecule has 0 spiro atoms. The molecule has 0 saturated carbocycles. The molecule has 2 heterocycles. The number of benzene rings is 1. The second-order valence-corrected chi connectivity index (χ2v) is 7.84. The van der Waals surface area contributed by atoms with Gasteiger partial charge in [0.25, 0.3) is 0 Å². The zero-order valence-corrected chi connectivity index (χ0v) is 15.2. The van der Waals surface area contributed by atoms with E-state index >= 15 is 0 Å². The van der Waals surface area contributed by atoms with Gasteiger partial charge in [0.05, 0.1) is 22.6 Å². The highest BCUT2D eigenvalue weighted by Gasteiger charge is 2.33. The molecule has 0 N–H and O–H groups in total. The number of carbonyl (C=O) groups is 2. The Bertz CT molecular complexity index is 698. The van der Waals surface area contributed by atoms with Crippen molar-refractivity contribution in [2.24, 2.45) is 0 Å². The molecule has 0 unspecified atom stereocenters. The van der Waals surface area contributed by atoms with Gasteiger partial charge in [-0.05, 0) is 38.3 Å². The van der Waals surface area contributed by atoms with E-state index in [1.807, 2.05) is 24.3 Å². The lowest BCUT2D eigenvalue weighted by Crippen LogP contribution is -2.49. The number of thiazole rings is 1. The average Bonchev–Trinajstić information content (AvgIpc) is 3.03. The first kappa shape index (κ1) is 17.2. The standard InChI is InChI=1S/C17H20N2O3S2/c1-2-22-16(21)13-8-5-6-10-19(13)15(20)11-23-17-18-12-7-3-4-9-14(12)24-17/h3-4,7,9,13H,2,5-6,8,10-11H2,1H3/t13-/m1/s1. The third kappa shape index (κ3) is 3.89. The fourth-order valence-electron chi connectivity index (χ4n) is 2.83. The van der Waals surface area contributed by atoms with Gasteiger partial charge in [0, 0.05) is 6.54 Å². The van der Waals surface area contributed by atoms with E-state index < -0.39 is 6.04 Å². The van der Waals surface area contributed by atoms with Gasteiger partial charge in [-0.15, -0.1) is 11.3 Å². The minimum Gasteiger partial charge on any atom is -0.464 e. The number of hydrogen-bond acceptors (Lipinski definition) is 6. The second-order valence-electron chi connectivity index (χ2n) is 5.59. The van der Waals surface area contributed by atoms with Gasteiger partial charge >= 0.3 is 5.97 Å². The molecule has 7 heteroatoms. The van der Waals surface area contributed by atoms with E-state index in [1.165, 1.54) is 11.8 Å². The van der Waals surface area contributed by atoms with Crippen molar-refractivity contribution in [3.8, 4) is 0 Å². The largest absolute Gasteiger partial charge is 0.464 e. The zero-order valence-electron chi connectivity index (χ0n) is 13.6. The number of fused-ring (bicyclic) bond motifs is 1. The number of ether oxygens (including phenoxy) is 1. The highest BCUT2D eigenvalue weighted by Crippen LogP contribution is 2.30. The Morgan fingerprint density at radius 3 is 3.00 bits per heavy atom. The van der Waals surface area contributed by atoms with E-state index in [0.717, 1.165) is 27.4 Å². The normalized spacial score (nSPS) is 17.9. The van der Waals surface area contributed by atoms with Crippen LogP contribution in [0.25, 0.3) is 10.2 Å². The number of likely N-dealkylation sites (tertiary alicyclic amines) is 1. The van der Waals surface area contributed by atoms with Gasteiger partial charge in [-0.3, -0.25) is 4.79 Å². The van der Waals surface area contributed by atoms with Gasteiger partial charge in [0.1, 0.15) is 6.04 Å². The molecule has 1 amide bonds. The molecule has 0 radical (unpaired) electrons. The molecular formula is C17H20N2O3S2. The van der Waals surface area contributed by atoms with Crippen LogP contribution in [0.3, 0.4) is 0 Å². The van der Waals surface area contributed by atoms with Gasteiger partial charge in [-0.2, -0.15) is 0 Å². The number of carbonyl (C=O) groups excluding carboxylic acids is 2. The van der Waals surface area contributed by atoms with E-state index in [4.69, 9.17) is 4.74 Å². The van der Waals surface area contributed by atoms with Crippen molar-refractivity contribution in [2.75, 3.05) is 18.9 Å². The number of hydrogen-bond donors (Lipinski definition) is 0. The van der Waals surface area contributed by atoms with Crippen LogP contribution in [0.2, 0.25) is 0 Å². The van der Waals surface area contributed by atoms with Crippen LogP contribution in [0.4, 0.5) is 0 Å². The van der Waals surface area contributed by atoms with Gasteiger partial charge in [-0.25, -0.2) is 9.78 Å². The highest BCUT2D eigenvalue weighted by atomic mass is 32.2. The number of thioether (sulfide) groups is 1. The van der Waals surface area contributed by atoms with E-state index in [1.54, 1.807) is 23.2 Å². The van der Waals surface area contributed by atoms with Crippen LogP contribution >= 0.6 is 23.1 Å². The number of amides is 1. The maximum Gasteiger partial charge on any atom is 0.328 e. The van der Waals surface area contributed by atoms with E-state index in [-0.39, 0.29) is 11.9 Å². The maximum absolute atomic E-state index is 12.6. The van der Waals surface area contributed by atoms with Crippen LogP contribution in [0, 0.1) is 0 Å². The smallest absolute Gasteiger partial charge is 0.328 e. The maximum atomic E-state index is 12.6. The van der Waals surface area contributed by atoms with Crippen molar-refractivity contribution in [3.05, 3.63) is 24.3 Å². The molecule has 1 fully saturated rings. The summed E-state index contributed by atoms with van der Waals surface area (Å²) >= 11 is 3.03. The summed E-state index contributed by atoms with van der Waals surface area (Å²) in [4.78, 5) is 30.9. The van der Waals surface area contributed by atoms with Gasteiger partial charge in [-0.1, -0.05) is 23.9 Å². The molecule has 1 aromatic carbocycles. The number of para-hydroxylation sites is 1. The average molecular weight is 364 g/mol. The number of aromatic nitrogens is 1. The molecule has 2 aromatic rings. The molecule has 5 nitrogen and oxygen atoms in total. The van der Waals surface area contributed by atoms with Gasteiger partial charge in [0.15, 0.2) is 4.34 Å². The first-order valence-electron chi connectivity index (χ1n) is 8.13. The van der Waals surface area contributed by atoms with Crippen LogP contribution in [0.1, 0.15) is 26.2 Å². The van der Waals surface area contributed by atoms with Crippen molar-refractivity contribution in [3.63, 3.8) is 0 Å². The van der Waals surface area contributed by atoms with Crippen LogP contribution in [0.5, 0.6) is 0 Å². The topological polar surface area (TPSA) is 59.5 Å². The summed E-state index contributed by atoms with van der Waals surface area (Å²) in [6.45, 7) is 2.76. The Hall–Kier alpha value is -1.60. The van der Waals surface area contributed by atoms with Crippen LogP contribution in [-0.4, -0.2) is 46.7 Å². The lowest BCUT2D eigenvalue weighted by Gasteiger charge is -2.33. The minimum atomic E-state index is -0.429. The van der Waals surface area contributed by atoms with Crippen LogP contribution in [0.15, 0.2) is 28.6 Å². The van der Waals surface area contributed by atoms with Crippen molar-refractivity contribution in [1.82, 2.24) is 9.88 Å². The summed E-state index contributed by atoms with van der Waals surface area (Å²) in [5, 5.41) is 0. The van der Waals surface area contributed by atoms with Crippen molar-refractivity contribution in [1.29, 1.82) is 0 Å². The van der Waals surface area contributed by atoms with Gasteiger partial charge in [0.2, 0.25) is 5.91 Å². The summed E-state index contributed by atoms with van der Waals surface area (Å²) in [6, 6.07) is 7.51. The summed E-state index contributed by atoms with van der Waals surface area (Å²) in [7, 11) is 0. The molecule has 1 aliphatic rings. The van der Waals surface area contributed by atoms with Crippen LogP contribution < -0.4 is 0 Å². The number of nitrogens with zero attached hydrogens (tertiary/aromatic N) is 2. The lowest BCUT2D eigenvalue weighted by molar-refractivity contribution is -0.155. The summed E-state index contributed by atoms with van der Waals surface area (Å²) in [6.07, 6.45) is 2.59. The van der Waals surface area contributed by atoms with Gasteiger partial charge < -0.3 is 9.64 Å². The first-order valence-corrected chi connectivity index (χ1v) is 9.93. The summed E-state index contributed by atoms with van der Waals surface area (Å²) in [5.41, 5.74) is 0.958. The summed E-state index contributed by atoms with van der Waals surface area (Å²) < 4.78 is 7.12. The monoisotopic (exact) mass is 364 g/mol. The molecule has 128 valence electrons. The molecular weight excluding hydrogens is 344 g/mol. The third-order valence-electron chi connectivity index (χ3n) is 3.98. The SMILES string of the molecule is CCOC(=O)[C@H]1CCCCN1C(=O)CSc1nc2ccccc2s1. The Balaban J connectivity index is 1.63. The quantitative estimate of drug-likeness (QED) is 0.602. The van der Waals surface area contributed by atoms with Crippen molar-refractivity contribution >= 4 is 45.2 Å². The van der Waals surface area contributed by atoms with Crippen LogP contribution in [-0.2, 0) is 14.3 Å². The fourth-order valence-corrected chi connectivity index (χ4v) is 4.79. The highest BCUT2D eigenvalue weighted by molar-refractivity contribution is 8.01. The number of esters is 1. The molecule has 1 aliphatic heterocycles. The Morgan fingerprint density at radius 2 is 2.21 bits per heavy atom. The predicted octanol–water partition coefficient (Wildman–Crippen LogP) is 3.33. The fraction of sp³-hybridized carbons (Fsp3) is 0.471. The number of piperidine rings is 1. The van der Waals surface area contributed by atoms with Crippen molar-refractivity contribution < 1.29 is 14.3 Å². The predicted molar refractivity (Wildman–Crippen MR) is 96.3 cm³/mol. The molecule has 1 aromatic heterocycles. The molecule has 3 rings (SSSR count). The second kappa shape index (κ2) is 7.98. The lowest BCUT2D eigenvalue weighted by atomic mass is 10.0. The number of rotatable bonds is 5. The minimum absolute atomic E-state index is 0.0167. The van der Waals surface area contributed by atoms with E-state index in [0.29, 0.717) is 25.3 Å². The Morgan fingerprint density at radius 1 is 1.38 bits per heavy atom. The third-order valence-corrected chi connectivity index (χ3v) is 6.14. The molecule has 0 aliphatic carbocycles. The Labute approximate surface area is 149 Å². The molecule has 1 saturated heterocycles. The molecule has 24 heavy (non-hydrogen) atoms.